The third-order valence-corrected chi connectivity index (χ3v) is 1.19. The van der Waals surface area contributed by atoms with Gasteiger partial charge >= 0.3 is 0 Å². The Bertz CT molecular complexity index is 215. The van der Waals surface area contributed by atoms with Crippen LogP contribution in [0.5, 0.6) is 5.75 Å². The number of nitrogens with zero attached hydrogens (tertiary/aromatic N) is 1. The van der Waals surface area contributed by atoms with Crippen molar-refractivity contribution in [3.63, 3.8) is 0 Å². The van der Waals surface area contributed by atoms with Gasteiger partial charge in [0, 0.05) is 23.8 Å². The van der Waals surface area contributed by atoms with Crippen LogP contribution in [-0.2, 0) is 0 Å². The number of halogens is 1. The van der Waals surface area contributed by atoms with Crippen molar-refractivity contribution >= 4 is 11.6 Å². The summed E-state index contributed by atoms with van der Waals surface area (Å²) in [5.41, 5.74) is 1.07. The lowest BCUT2D eigenvalue weighted by molar-refractivity contribution is 0.411. The molecule has 0 saturated carbocycles. The van der Waals surface area contributed by atoms with Crippen molar-refractivity contribution in [2.24, 2.45) is 0 Å². The number of ether oxygens (including phenoxy) is 1. The summed E-state index contributed by atoms with van der Waals surface area (Å²) < 4.78 is 5.00. The van der Waals surface area contributed by atoms with Crippen LogP contribution in [-0.4, -0.2) is 18.0 Å². The van der Waals surface area contributed by atoms with E-state index in [1.165, 1.54) is 0 Å². The first-order chi connectivity index (χ1) is 5.76. The summed E-state index contributed by atoms with van der Waals surface area (Å²) in [5.74, 6) is 1.62. The van der Waals surface area contributed by atoms with E-state index in [2.05, 4.69) is 4.98 Å². The quantitative estimate of drug-likeness (QED) is 0.631. The molecule has 0 unspecified atom stereocenters. The zero-order chi connectivity index (χ0) is 9.40. The SMILES string of the molecule is CCCl.COc1ccncc1C. The average molecular weight is 188 g/mol. The van der Waals surface area contributed by atoms with Crippen LogP contribution in [0.15, 0.2) is 18.5 Å². The molecule has 0 spiro atoms. The highest BCUT2D eigenvalue weighted by molar-refractivity contribution is 6.17. The second kappa shape index (κ2) is 6.92. The van der Waals surface area contributed by atoms with Crippen molar-refractivity contribution in [2.75, 3.05) is 13.0 Å². The first-order valence-electron chi connectivity index (χ1n) is 3.76. The highest BCUT2D eigenvalue weighted by atomic mass is 35.5. The molecule has 0 N–H and O–H groups in total. The molecule has 1 heterocycles. The molecule has 0 amide bonds. The molecule has 0 aliphatic rings. The van der Waals surface area contributed by atoms with Gasteiger partial charge in [0.05, 0.1) is 7.11 Å². The third-order valence-electron chi connectivity index (χ3n) is 1.19. The zero-order valence-corrected chi connectivity index (χ0v) is 8.43. The summed E-state index contributed by atoms with van der Waals surface area (Å²) in [6.45, 7) is 3.85. The number of alkyl halides is 1. The van der Waals surface area contributed by atoms with Gasteiger partial charge in [-0.25, -0.2) is 0 Å². The molecule has 0 bridgehead atoms. The molecule has 12 heavy (non-hydrogen) atoms. The second-order valence-corrected chi connectivity index (χ2v) is 2.65. The molecule has 68 valence electrons. The Labute approximate surface area is 78.5 Å². The van der Waals surface area contributed by atoms with E-state index in [9.17, 15) is 0 Å². The molecule has 0 aromatic carbocycles. The molecule has 0 aliphatic heterocycles. The number of aryl methyl sites for hydroxylation is 1. The number of methoxy groups -OCH3 is 1. The van der Waals surface area contributed by atoms with Crippen LogP contribution < -0.4 is 4.74 Å². The topological polar surface area (TPSA) is 22.1 Å². The van der Waals surface area contributed by atoms with Gasteiger partial charge in [0.25, 0.3) is 0 Å². The maximum absolute atomic E-state index is 5.00. The predicted molar refractivity (Wildman–Crippen MR) is 51.9 cm³/mol. The maximum Gasteiger partial charge on any atom is 0.124 e. The summed E-state index contributed by atoms with van der Waals surface area (Å²) in [6.07, 6.45) is 3.49. The molecule has 0 fully saturated rings. The van der Waals surface area contributed by atoms with Gasteiger partial charge in [-0.1, -0.05) is 6.92 Å². The van der Waals surface area contributed by atoms with Gasteiger partial charge < -0.3 is 4.74 Å². The molecule has 1 rings (SSSR count). The Hall–Kier alpha value is -0.760. The van der Waals surface area contributed by atoms with Crippen LogP contribution in [0.25, 0.3) is 0 Å². The van der Waals surface area contributed by atoms with E-state index in [0.717, 1.165) is 17.2 Å². The molecule has 2 nitrogen and oxygen atoms in total. The largest absolute Gasteiger partial charge is 0.496 e. The van der Waals surface area contributed by atoms with E-state index < -0.39 is 0 Å². The Balaban J connectivity index is 0.000000354. The van der Waals surface area contributed by atoms with Crippen molar-refractivity contribution in [1.82, 2.24) is 4.98 Å². The molecule has 1 aromatic rings. The van der Waals surface area contributed by atoms with Gasteiger partial charge in [0.15, 0.2) is 0 Å². The summed E-state index contributed by atoms with van der Waals surface area (Å²) >= 11 is 5.00. The van der Waals surface area contributed by atoms with Crippen molar-refractivity contribution < 1.29 is 4.74 Å². The van der Waals surface area contributed by atoms with Crippen molar-refractivity contribution in [1.29, 1.82) is 0 Å². The van der Waals surface area contributed by atoms with Gasteiger partial charge in [-0.05, 0) is 13.0 Å². The number of pyridine rings is 1. The highest BCUT2D eigenvalue weighted by Crippen LogP contribution is 2.12. The lowest BCUT2D eigenvalue weighted by Crippen LogP contribution is -1.86. The van der Waals surface area contributed by atoms with E-state index in [1.54, 1.807) is 19.5 Å². The van der Waals surface area contributed by atoms with E-state index in [-0.39, 0.29) is 0 Å². The molecular formula is C9H14ClNO. The first kappa shape index (κ1) is 11.2. The molecule has 0 saturated heterocycles. The van der Waals surface area contributed by atoms with Gasteiger partial charge in [-0.2, -0.15) is 0 Å². The minimum Gasteiger partial charge on any atom is -0.496 e. The van der Waals surface area contributed by atoms with E-state index in [1.807, 2.05) is 19.9 Å². The fourth-order valence-electron chi connectivity index (χ4n) is 0.690. The Kier molecular flexibility index (Phi) is 6.48. The molecule has 1 aromatic heterocycles. The van der Waals surface area contributed by atoms with Gasteiger partial charge in [0.1, 0.15) is 5.75 Å². The summed E-state index contributed by atoms with van der Waals surface area (Å²) in [6, 6.07) is 1.84. The van der Waals surface area contributed by atoms with Crippen molar-refractivity contribution in [3.8, 4) is 5.75 Å². The summed E-state index contributed by atoms with van der Waals surface area (Å²) in [5, 5.41) is 0. The minimum absolute atomic E-state index is 0.722. The van der Waals surface area contributed by atoms with E-state index in [0.29, 0.717) is 0 Å². The highest BCUT2D eigenvalue weighted by Gasteiger charge is 1.91. The second-order valence-electron chi connectivity index (χ2n) is 2.11. The Morgan fingerprint density at radius 1 is 1.58 bits per heavy atom. The van der Waals surface area contributed by atoms with Crippen LogP contribution in [0.2, 0.25) is 0 Å². The summed E-state index contributed by atoms with van der Waals surface area (Å²) in [7, 11) is 1.66. The van der Waals surface area contributed by atoms with Crippen molar-refractivity contribution in [2.45, 2.75) is 13.8 Å². The molecular weight excluding hydrogens is 174 g/mol. The van der Waals surface area contributed by atoms with Gasteiger partial charge in [0.2, 0.25) is 0 Å². The standard InChI is InChI=1S/C7H9NO.C2H5Cl/c1-6-5-8-4-3-7(6)9-2;1-2-3/h3-5H,1-2H3;2H2,1H3. The summed E-state index contributed by atoms with van der Waals surface area (Å²) in [4.78, 5) is 3.91. The fraction of sp³-hybridized carbons (Fsp3) is 0.444. The number of aromatic nitrogens is 1. The van der Waals surface area contributed by atoms with Crippen LogP contribution in [0.4, 0.5) is 0 Å². The minimum atomic E-state index is 0.722. The normalized spacial score (nSPS) is 8.33. The lowest BCUT2D eigenvalue weighted by Gasteiger charge is -2.00. The van der Waals surface area contributed by atoms with Gasteiger partial charge in [-0.3, -0.25) is 4.98 Å². The zero-order valence-electron chi connectivity index (χ0n) is 7.67. The number of hydrogen-bond donors (Lipinski definition) is 0. The van der Waals surface area contributed by atoms with Crippen LogP contribution in [0, 0.1) is 6.92 Å². The molecule has 0 atom stereocenters. The molecule has 3 heteroatoms. The van der Waals surface area contributed by atoms with E-state index >= 15 is 0 Å². The van der Waals surface area contributed by atoms with Gasteiger partial charge in [-0.15, -0.1) is 11.6 Å². The lowest BCUT2D eigenvalue weighted by atomic mass is 10.3. The molecule has 0 aliphatic carbocycles. The van der Waals surface area contributed by atoms with Crippen LogP contribution in [0.1, 0.15) is 12.5 Å². The fourth-order valence-corrected chi connectivity index (χ4v) is 0.690. The Morgan fingerprint density at radius 3 is 2.50 bits per heavy atom. The van der Waals surface area contributed by atoms with Crippen LogP contribution >= 0.6 is 11.6 Å². The molecule has 0 radical (unpaired) electrons. The third kappa shape index (κ3) is 4.19. The smallest absolute Gasteiger partial charge is 0.124 e. The van der Waals surface area contributed by atoms with E-state index in [4.69, 9.17) is 16.3 Å². The van der Waals surface area contributed by atoms with Crippen LogP contribution in [0.3, 0.4) is 0 Å². The first-order valence-corrected chi connectivity index (χ1v) is 4.30. The Morgan fingerprint density at radius 2 is 2.17 bits per heavy atom. The monoisotopic (exact) mass is 187 g/mol. The average Bonchev–Trinajstić information content (AvgIpc) is 2.07. The predicted octanol–water partition coefficient (Wildman–Crippen LogP) is 2.64. The number of rotatable bonds is 1. The van der Waals surface area contributed by atoms with Crippen molar-refractivity contribution in [3.05, 3.63) is 24.0 Å². The number of hydrogen-bond acceptors (Lipinski definition) is 2. The maximum atomic E-state index is 5.00.